The molecule has 10 nitrogen and oxygen atoms in total. The summed E-state index contributed by atoms with van der Waals surface area (Å²) in [5.74, 6) is 0.387. The van der Waals surface area contributed by atoms with Crippen molar-refractivity contribution in [2.45, 2.75) is 0 Å². The lowest BCUT2D eigenvalue weighted by atomic mass is 10.5. The van der Waals surface area contributed by atoms with Crippen molar-refractivity contribution in [2.24, 2.45) is 0 Å². The van der Waals surface area contributed by atoms with E-state index in [4.69, 9.17) is 0 Å². The van der Waals surface area contributed by atoms with Crippen LogP contribution in [-0.4, -0.2) is 46.9 Å². The van der Waals surface area contributed by atoms with Crippen LogP contribution in [0.3, 0.4) is 0 Å². The summed E-state index contributed by atoms with van der Waals surface area (Å²) < 4.78 is 0. The second kappa shape index (κ2) is 5.91. The molecule has 0 aliphatic heterocycles. The number of aromatic amines is 2. The highest BCUT2D eigenvalue weighted by Crippen LogP contribution is 2.00. The van der Waals surface area contributed by atoms with Crippen LogP contribution in [0.1, 0.15) is 0 Å². The predicted octanol–water partition coefficient (Wildman–Crippen LogP) is 0.108. The first-order valence-electron chi connectivity index (χ1n) is 6.26. The molecule has 0 fully saturated rings. The number of hydrogen-bond acceptors (Lipinski definition) is 8. The Morgan fingerprint density at radius 3 is 2.77 bits per heavy atom. The molecule has 0 aliphatic rings. The Bertz CT molecular complexity index is 931. The zero-order chi connectivity index (χ0) is 15.4. The molecule has 4 aromatic rings. The van der Waals surface area contributed by atoms with Crippen molar-refractivity contribution < 1.29 is 0 Å². The van der Waals surface area contributed by atoms with Crippen molar-refractivity contribution in [3.8, 4) is 0 Å². The zero-order valence-corrected chi connectivity index (χ0v) is 11.5. The van der Waals surface area contributed by atoms with Gasteiger partial charge < -0.3 is 10.3 Å². The maximum Gasteiger partial charge on any atom is 0.280 e. The molecule has 0 amide bonds. The highest BCUT2D eigenvalue weighted by Gasteiger charge is 2.02. The molecule has 0 atom stereocenters. The molecular weight excluding hydrogens is 286 g/mol. The van der Waals surface area contributed by atoms with Gasteiger partial charge in [0.05, 0.1) is 12.5 Å². The van der Waals surface area contributed by atoms with E-state index in [1.807, 2.05) is 0 Å². The fraction of sp³-hybridized carbons (Fsp3) is 0.0833. The number of imidazole rings is 1. The van der Waals surface area contributed by atoms with Crippen molar-refractivity contribution in [3.05, 3.63) is 41.6 Å². The first-order valence-corrected chi connectivity index (χ1v) is 6.26. The number of rotatable bonds is 1. The summed E-state index contributed by atoms with van der Waals surface area (Å²) in [6, 6.07) is 0. The highest BCUT2D eigenvalue weighted by atomic mass is 16.1. The van der Waals surface area contributed by atoms with E-state index < -0.39 is 0 Å². The summed E-state index contributed by atoms with van der Waals surface area (Å²) in [7, 11) is 1.67. The largest absolute Gasteiger partial charge is 0.359 e. The van der Waals surface area contributed by atoms with Crippen LogP contribution < -0.4 is 10.9 Å². The van der Waals surface area contributed by atoms with Gasteiger partial charge >= 0.3 is 0 Å². The number of nitrogens with one attached hydrogen (secondary N) is 3. The topological polar surface area (TPSA) is 138 Å². The van der Waals surface area contributed by atoms with Gasteiger partial charge in [-0.15, -0.1) is 0 Å². The van der Waals surface area contributed by atoms with Gasteiger partial charge in [0.25, 0.3) is 5.56 Å². The van der Waals surface area contributed by atoms with E-state index >= 15 is 0 Å². The molecule has 0 saturated carbocycles. The maximum absolute atomic E-state index is 11.3. The average molecular weight is 297 g/mol. The van der Waals surface area contributed by atoms with Crippen molar-refractivity contribution in [1.82, 2.24) is 39.9 Å². The number of anilines is 1. The Morgan fingerprint density at radius 1 is 1.09 bits per heavy atom. The van der Waals surface area contributed by atoms with Gasteiger partial charge in [-0.25, -0.2) is 24.9 Å². The summed E-state index contributed by atoms with van der Waals surface area (Å²) in [4.78, 5) is 40.1. The standard InChI is InChI=1S/C7H7N5O.C5H4N4/c1-8-7-11-5-4(6(13)12-7)9-2-3-10-5;1-4-5(8-2-6-1)9-3-7-4/h2-3H,1H3,(H2,8,10,11,12,13);1-3H,(H,6,7,8,9). The lowest BCUT2D eigenvalue weighted by molar-refractivity contribution is 1.10. The molecule has 0 spiro atoms. The Labute approximate surface area is 123 Å². The Balaban J connectivity index is 0.000000139. The number of H-pyrrole nitrogens is 2. The SMILES string of the molecule is CNc1nc2nccnc2c(=O)[nH]1.c1ncc2[nH]cnc2n1. The third-order valence-corrected chi connectivity index (χ3v) is 2.68. The number of hydrogen-bond donors (Lipinski definition) is 3. The van der Waals surface area contributed by atoms with Gasteiger partial charge in [0.1, 0.15) is 11.8 Å². The van der Waals surface area contributed by atoms with Crippen LogP contribution in [0.5, 0.6) is 0 Å². The van der Waals surface area contributed by atoms with Crippen LogP contribution >= 0.6 is 0 Å². The maximum atomic E-state index is 11.3. The van der Waals surface area contributed by atoms with E-state index in [-0.39, 0.29) is 11.1 Å². The molecule has 0 aliphatic carbocycles. The van der Waals surface area contributed by atoms with E-state index in [0.29, 0.717) is 17.2 Å². The minimum atomic E-state index is -0.289. The van der Waals surface area contributed by atoms with Crippen molar-refractivity contribution in [3.63, 3.8) is 0 Å². The van der Waals surface area contributed by atoms with Gasteiger partial charge in [0.2, 0.25) is 5.95 Å². The van der Waals surface area contributed by atoms with Gasteiger partial charge in [-0.3, -0.25) is 9.78 Å². The molecule has 110 valence electrons. The normalized spacial score (nSPS) is 10.2. The van der Waals surface area contributed by atoms with Gasteiger partial charge in [-0.05, 0) is 0 Å². The summed E-state index contributed by atoms with van der Waals surface area (Å²) >= 11 is 0. The third-order valence-electron chi connectivity index (χ3n) is 2.68. The second-order valence-electron chi connectivity index (χ2n) is 4.06. The molecular formula is C12H11N9O. The van der Waals surface area contributed by atoms with Crippen LogP contribution in [0.4, 0.5) is 5.95 Å². The van der Waals surface area contributed by atoms with Crippen LogP contribution in [-0.2, 0) is 0 Å². The number of fused-ring (bicyclic) bond motifs is 2. The number of nitrogens with zero attached hydrogens (tertiary/aromatic N) is 6. The monoisotopic (exact) mass is 297 g/mol. The van der Waals surface area contributed by atoms with Gasteiger partial charge in [0.15, 0.2) is 16.8 Å². The predicted molar refractivity (Wildman–Crippen MR) is 79.2 cm³/mol. The summed E-state index contributed by atoms with van der Waals surface area (Å²) in [6.07, 6.45) is 7.71. The van der Waals surface area contributed by atoms with Crippen molar-refractivity contribution in [2.75, 3.05) is 12.4 Å². The molecule has 0 aromatic carbocycles. The summed E-state index contributed by atoms with van der Waals surface area (Å²) in [6.45, 7) is 0. The molecule has 0 bridgehead atoms. The molecule has 3 N–H and O–H groups in total. The lowest BCUT2D eigenvalue weighted by Crippen LogP contribution is -2.13. The molecule has 22 heavy (non-hydrogen) atoms. The lowest BCUT2D eigenvalue weighted by Gasteiger charge is -1.98. The van der Waals surface area contributed by atoms with Crippen LogP contribution in [0.2, 0.25) is 0 Å². The Kier molecular flexibility index (Phi) is 3.64. The third kappa shape index (κ3) is 2.70. The van der Waals surface area contributed by atoms with E-state index in [1.54, 1.807) is 19.6 Å². The van der Waals surface area contributed by atoms with E-state index in [2.05, 4.69) is 45.2 Å². The summed E-state index contributed by atoms with van der Waals surface area (Å²) in [5, 5.41) is 2.73. The minimum absolute atomic E-state index is 0.251. The van der Waals surface area contributed by atoms with Crippen molar-refractivity contribution >= 4 is 28.3 Å². The molecule has 0 radical (unpaired) electrons. The second-order valence-corrected chi connectivity index (χ2v) is 4.06. The average Bonchev–Trinajstić information content (AvgIpc) is 3.04. The Hall–Kier alpha value is -3.43. The number of aromatic nitrogens is 8. The smallest absolute Gasteiger partial charge is 0.280 e. The molecule has 0 saturated heterocycles. The first-order chi connectivity index (χ1) is 10.8. The van der Waals surface area contributed by atoms with Crippen molar-refractivity contribution in [1.29, 1.82) is 0 Å². The van der Waals surface area contributed by atoms with E-state index in [9.17, 15) is 4.79 Å². The fourth-order valence-corrected chi connectivity index (χ4v) is 1.68. The molecule has 4 aromatic heterocycles. The first kappa shape index (κ1) is 13.5. The van der Waals surface area contributed by atoms with Crippen LogP contribution in [0, 0.1) is 0 Å². The van der Waals surface area contributed by atoms with E-state index in [0.717, 1.165) is 5.52 Å². The fourth-order valence-electron chi connectivity index (χ4n) is 1.68. The zero-order valence-electron chi connectivity index (χ0n) is 11.5. The minimum Gasteiger partial charge on any atom is -0.359 e. The van der Waals surface area contributed by atoms with Gasteiger partial charge in [-0.1, -0.05) is 0 Å². The van der Waals surface area contributed by atoms with Crippen LogP contribution in [0.25, 0.3) is 22.3 Å². The highest BCUT2D eigenvalue weighted by molar-refractivity contribution is 5.69. The van der Waals surface area contributed by atoms with Crippen LogP contribution in [0.15, 0.2) is 36.0 Å². The molecule has 0 unspecified atom stereocenters. The Morgan fingerprint density at radius 2 is 1.95 bits per heavy atom. The molecule has 4 rings (SSSR count). The quantitative estimate of drug-likeness (QED) is 0.450. The molecule has 10 heteroatoms. The molecule has 4 heterocycles. The van der Waals surface area contributed by atoms with E-state index in [1.165, 1.54) is 18.7 Å². The van der Waals surface area contributed by atoms with Gasteiger partial charge in [0, 0.05) is 19.4 Å². The van der Waals surface area contributed by atoms with Gasteiger partial charge in [-0.2, -0.15) is 4.98 Å². The summed E-state index contributed by atoms with van der Waals surface area (Å²) in [5.41, 5.74) is 1.89.